The zero-order chi connectivity index (χ0) is 14.0. The van der Waals surface area contributed by atoms with Gasteiger partial charge in [-0.1, -0.05) is 23.7 Å². The summed E-state index contributed by atoms with van der Waals surface area (Å²) in [5.41, 5.74) is 7.40. The summed E-state index contributed by atoms with van der Waals surface area (Å²) >= 11 is 5.88. The first kappa shape index (κ1) is 13.6. The Kier molecular flexibility index (Phi) is 3.62. The van der Waals surface area contributed by atoms with Crippen molar-refractivity contribution in [3.8, 4) is 11.3 Å². The number of aromatic nitrogens is 2. The average Bonchev–Trinajstić information content (AvgIpc) is 2.26. The van der Waals surface area contributed by atoms with E-state index in [2.05, 4.69) is 36.1 Å². The monoisotopic (exact) mass is 276 g/mol. The van der Waals surface area contributed by atoms with Gasteiger partial charge in [-0.3, -0.25) is 0 Å². The van der Waals surface area contributed by atoms with E-state index in [1.165, 1.54) is 0 Å². The molecule has 0 aliphatic heterocycles. The number of nitrogens with two attached hydrogens (primary N) is 1. The highest BCUT2D eigenvalue weighted by Crippen LogP contribution is 2.23. The number of nitrogen functional groups attached to an aromatic ring is 1. The maximum atomic E-state index is 5.88. The number of nitrogens with zero attached hydrogens (tertiary/aromatic N) is 2. The summed E-state index contributed by atoms with van der Waals surface area (Å²) in [5, 5.41) is 3.98. The molecule has 0 aliphatic rings. The molecule has 100 valence electrons. The molecule has 0 unspecified atom stereocenters. The number of anilines is 2. The van der Waals surface area contributed by atoms with Crippen molar-refractivity contribution in [2.24, 2.45) is 0 Å². The molecular formula is C14H17ClN4. The molecule has 1 aromatic carbocycles. The van der Waals surface area contributed by atoms with Gasteiger partial charge in [-0.25, -0.2) is 4.98 Å². The highest BCUT2D eigenvalue weighted by atomic mass is 35.5. The summed E-state index contributed by atoms with van der Waals surface area (Å²) in [5.74, 6) is 0.962. The van der Waals surface area contributed by atoms with Crippen LogP contribution < -0.4 is 11.1 Å². The molecule has 2 rings (SSSR count). The van der Waals surface area contributed by atoms with Crippen LogP contribution in [0, 0.1) is 0 Å². The molecule has 0 amide bonds. The van der Waals surface area contributed by atoms with Gasteiger partial charge >= 0.3 is 0 Å². The molecule has 19 heavy (non-hydrogen) atoms. The minimum atomic E-state index is -0.0853. The van der Waals surface area contributed by atoms with Crippen LogP contribution in [0.1, 0.15) is 20.8 Å². The topological polar surface area (TPSA) is 63.8 Å². The van der Waals surface area contributed by atoms with Crippen molar-refractivity contribution >= 4 is 23.4 Å². The van der Waals surface area contributed by atoms with Crippen molar-refractivity contribution in [3.05, 3.63) is 35.4 Å². The molecule has 3 N–H and O–H groups in total. The van der Waals surface area contributed by atoms with E-state index in [0.29, 0.717) is 10.8 Å². The summed E-state index contributed by atoms with van der Waals surface area (Å²) in [6.07, 6.45) is 0. The summed E-state index contributed by atoms with van der Waals surface area (Å²) in [6.45, 7) is 6.19. The molecule has 2 aromatic rings. The Morgan fingerprint density at radius 1 is 1.11 bits per heavy atom. The number of halogens is 1. The van der Waals surface area contributed by atoms with Crippen molar-refractivity contribution in [3.63, 3.8) is 0 Å². The van der Waals surface area contributed by atoms with Crippen LogP contribution in [0.4, 0.5) is 11.8 Å². The highest BCUT2D eigenvalue weighted by Gasteiger charge is 2.12. The molecule has 1 aromatic heterocycles. The van der Waals surface area contributed by atoms with E-state index in [-0.39, 0.29) is 11.5 Å². The Labute approximate surface area is 118 Å². The average molecular weight is 277 g/mol. The molecule has 0 saturated carbocycles. The molecule has 1 heterocycles. The maximum Gasteiger partial charge on any atom is 0.222 e. The molecule has 4 nitrogen and oxygen atoms in total. The number of rotatable bonds is 2. The van der Waals surface area contributed by atoms with Crippen LogP contribution in [0.3, 0.4) is 0 Å². The van der Waals surface area contributed by atoms with E-state index in [1.807, 2.05) is 30.3 Å². The Balaban J connectivity index is 2.39. The summed E-state index contributed by atoms with van der Waals surface area (Å²) in [4.78, 5) is 8.44. The van der Waals surface area contributed by atoms with Gasteiger partial charge in [-0.05, 0) is 32.9 Å². The van der Waals surface area contributed by atoms with Gasteiger partial charge in [0.2, 0.25) is 5.95 Å². The summed E-state index contributed by atoms with van der Waals surface area (Å²) in [7, 11) is 0. The summed E-state index contributed by atoms with van der Waals surface area (Å²) in [6, 6.07) is 9.35. The van der Waals surface area contributed by atoms with E-state index in [0.717, 1.165) is 11.3 Å². The van der Waals surface area contributed by atoms with Crippen LogP contribution in [0.5, 0.6) is 0 Å². The predicted molar refractivity (Wildman–Crippen MR) is 80.3 cm³/mol. The van der Waals surface area contributed by atoms with Crippen LogP contribution in [-0.4, -0.2) is 15.5 Å². The van der Waals surface area contributed by atoms with Crippen molar-refractivity contribution < 1.29 is 0 Å². The van der Waals surface area contributed by atoms with Crippen LogP contribution in [0.25, 0.3) is 11.3 Å². The van der Waals surface area contributed by atoms with Crippen LogP contribution in [0.2, 0.25) is 5.02 Å². The van der Waals surface area contributed by atoms with E-state index in [9.17, 15) is 0 Å². The third-order valence-corrected chi connectivity index (χ3v) is 2.64. The first-order chi connectivity index (χ1) is 8.83. The SMILES string of the molecule is CC(C)(C)Nc1cc(-c2ccc(Cl)cc2)nc(N)n1. The predicted octanol–water partition coefficient (Wildman–Crippen LogP) is 3.59. The first-order valence-corrected chi connectivity index (χ1v) is 6.40. The lowest BCUT2D eigenvalue weighted by atomic mass is 10.1. The Bertz CT molecular complexity index is 573. The Hall–Kier alpha value is -1.81. The minimum absolute atomic E-state index is 0.0853. The smallest absolute Gasteiger partial charge is 0.222 e. The van der Waals surface area contributed by atoms with E-state index in [4.69, 9.17) is 17.3 Å². The third kappa shape index (κ3) is 3.83. The first-order valence-electron chi connectivity index (χ1n) is 6.02. The number of nitrogens with one attached hydrogen (secondary N) is 1. The molecule has 0 atom stereocenters. The second-order valence-electron chi connectivity index (χ2n) is 5.38. The largest absolute Gasteiger partial charge is 0.368 e. The van der Waals surface area contributed by atoms with Gasteiger partial charge in [-0.15, -0.1) is 0 Å². The van der Waals surface area contributed by atoms with E-state index >= 15 is 0 Å². The van der Waals surface area contributed by atoms with Crippen LogP contribution in [0.15, 0.2) is 30.3 Å². The van der Waals surface area contributed by atoms with E-state index in [1.54, 1.807) is 0 Å². The molecule has 0 fully saturated rings. The van der Waals surface area contributed by atoms with Gasteiger partial charge in [0.25, 0.3) is 0 Å². The fraction of sp³-hybridized carbons (Fsp3) is 0.286. The van der Waals surface area contributed by atoms with Crippen molar-refractivity contribution in [2.75, 3.05) is 11.1 Å². The highest BCUT2D eigenvalue weighted by molar-refractivity contribution is 6.30. The molecule has 0 bridgehead atoms. The third-order valence-electron chi connectivity index (χ3n) is 2.39. The molecular weight excluding hydrogens is 260 g/mol. The van der Waals surface area contributed by atoms with Gasteiger partial charge in [0.15, 0.2) is 0 Å². The standard InChI is InChI=1S/C14H17ClN4/c1-14(2,3)19-12-8-11(17-13(16)18-12)9-4-6-10(15)7-5-9/h4-8H,1-3H3,(H3,16,17,18,19). The molecule has 0 spiro atoms. The lowest BCUT2D eigenvalue weighted by Gasteiger charge is -2.21. The fourth-order valence-electron chi connectivity index (χ4n) is 1.68. The lowest BCUT2D eigenvalue weighted by Crippen LogP contribution is -2.26. The van der Waals surface area contributed by atoms with Gasteiger partial charge in [0.1, 0.15) is 5.82 Å². The van der Waals surface area contributed by atoms with Crippen molar-refractivity contribution in [2.45, 2.75) is 26.3 Å². The minimum Gasteiger partial charge on any atom is -0.368 e. The summed E-state index contributed by atoms with van der Waals surface area (Å²) < 4.78 is 0. The van der Waals surface area contributed by atoms with Crippen molar-refractivity contribution in [1.82, 2.24) is 9.97 Å². The lowest BCUT2D eigenvalue weighted by molar-refractivity contribution is 0.630. The van der Waals surface area contributed by atoms with Gasteiger partial charge < -0.3 is 11.1 Å². The second-order valence-corrected chi connectivity index (χ2v) is 5.81. The normalized spacial score (nSPS) is 11.4. The Morgan fingerprint density at radius 2 is 1.74 bits per heavy atom. The van der Waals surface area contributed by atoms with Crippen LogP contribution >= 0.6 is 11.6 Å². The van der Waals surface area contributed by atoms with Gasteiger partial charge in [0, 0.05) is 22.2 Å². The zero-order valence-electron chi connectivity index (χ0n) is 11.2. The second kappa shape index (κ2) is 5.05. The fourth-order valence-corrected chi connectivity index (χ4v) is 1.81. The van der Waals surface area contributed by atoms with Crippen molar-refractivity contribution in [1.29, 1.82) is 0 Å². The van der Waals surface area contributed by atoms with Gasteiger partial charge in [-0.2, -0.15) is 4.98 Å². The van der Waals surface area contributed by atoms with E-state index < -0.39 is 0 Å². The van der Waals surface area contributed by atoms with Gasteiger partial charge in [0.05, 0.1) is 5.69 Å². The zero-order valence-corrected chi connectivity index (χ0v) is 12.0. The Morgan fingerprint density at radius 3 is 2.32 bits per heavy atom. The maximum absolute atomic E-state index is 5.88. The molecule has 0 radical (unpaired) electrons. The van der Waals surface area contributed by atoms with Crippen LogP contribution in [-0.2, 0) is 0 Å². The number of hydrogen-bond donors (Lipinski definition) is 2. The molecule has 5 heteroatoms. The molecule has 0 aliphatic carbocycles. The number of benzene rings is 1. The molecule has 0 saturated heterocycles. The number of hydrogen-bond acceptors (Lipinski definition) is 4. The quantitative estimate of drug-likeness (QED) is 0.880.